The fraction of sp³-hybridized carbons (Fsp3) is 0.500. The Morgan fingerprint density at radius 1 is 1.38 bits per heavy atom. The van der Waals surface area contributed by atoms with Crippen molar-refractivity contribution in [2.24, 2.45) is 0 Å². The van der Waals surface area contributed by atoms with Gasteiger partial charge in [0.15, 0.2) is 0 Å². The zero-order valence-corrected chi connectivity index (χ0v) is 10.2. The van der Waals surface area contributed by atoms with Crippen LogP contribution in [0.25, 0.3) is 0 Å². The predicted molar refractivity (Wildman–Crippen MR) is 66.7 cm³/mol. The number of hydrogen-bond acceptors (Lipinski definition) is 2. The zero-order chi connectivity index (χ0) is 11.7. The summed E-state index contributed by atoms with van der Waals surface area (Å²) in [6.45, 7) is 7.60. The lowest BCUT2D eigenvalue weighted by Crippen LogP contribution is -2.35. The molecule has 1 aliphatic heterocycles. The number of rotatable bonds is 1. The Hall–Kier alpha value is -1.49. The molecule has 2 rings (SSSR count). The van der Waals surface area contributed by atoms with Gasteiger partial charge in [-0.15, -0.1) is 0 Å². The highest BCUT2D eigenvalue weighted by atomic mass is 15.2. The van der Waals surface area contributed by atoms with Crippen LogP contribution in [0, 0.1) is 18.3 Å². The molecule has 1 aromatic carbocycles. The van der Waals surface area contributed by atoms with E-state index in [9.17, 15) is 0 Å². The van der Waals surface area contributed by atoms with Crippen molar-refractivity contribution in [3.05, 3.63) is 28.8 Å². The van der Waals surface area contributed by atoms with Crippen LogP contribution < -0.4 is 4.90 Å². The smallest absolute Gasteiger partial charge is 0.0994 e. The first-order valence-corrected chi connectivity index (χ1v) is 5.93. The van der Waals surface area contributed by atoms with Crippen LogP contribution in [0.4, 0.5) is 5.69 Å². The van der Waals surface area contributed by atoms with E-state index in [1.807, 2.05) is 6.92 Å². The van der Waals surface area contributed by atoms with Gasteiger partial charge in [0.1, 0.15) is 0 Å². The number of hydrogen-bond donors (Lipinski definition) is 0. The van der Waals surface area contributed by atoms with Gasteiger partial charge >= 0.3 is 0 Å². The van der Waals surface area contributed by atoms with Crippen LogP contribution in [-0.2, 0) is 6.42 Å². The Labute approximate surface area is 97.5 Å². The Balaban J connectivity index is 2.50. The molecule has 0 unspecified atom stereocenters. The monoisotopic (exact) mass is 214 g/mol. The molecule has 0 atom stereocenters. The number of benzene rings is 1. The fourth-order valence-electron chi connectivity index (χ4n) is 2.42. The van der Waals surface area contributed by atoms with Gasteiger partial charge in [-0.1, -0.05) is 0 Å². The molecule has 84 valence electrons. The summed E-state index contributed by atoms with van der Waals surface area (Å²) in [5, 5.41) is 9.03. The first kappa shape index (κ1) is 11.0. The quantitative estimate of drug-likeness (QED) is 0.718. The van der Waals surface area contributed by atoms with Crippen molar-refractivity contribution in [2.45, 2.75) is 39.7 Å². The predicted octanol–water partition coefficient (Wildman–Crippen LogP) is 3.03. The number of nitriles is 1. The van der Waals surface area contributed by atoms with Gasteiger partial charge in [-0.05, 0) is 56.9 Å². The van der Waals surface area contributed by atoms with E-state index >= 15 is 0 Å². The first-order chi connectivity index (χ1) is 7.63. The van der Waals surface area contributed by atoms with E-state index < -0.39 is 0 Å². The molecule has 0 fully saturated rings. The molecule has 0 aromatic heterocycles. The van der Waals surface area contributed by atoms with E-state index in [0.29, 0.717) is 6.04 Å². The van der Waals surface area contributed by atoms with E-state index in [0.717, 1.165) is 24.1 Å². The van der Waals surface area contributed by atoms with Crippen LogP contribution in [0.2, 0.25) is 0 Å². The lowest BCUT2D eigenvalue weighted by Gasteiger charge is -2.35. The summed E-state index contributed by atoms with van der Waals surface area (Å²) >= 11 is 0. The van der Waals surface area contributed by atoms with E-state index in [4.69, 9.17) is 5.26 Å². The highest BCUT2D eigenvalue weighted by Crippen LogP contribution is 2.31. The second-order valence-corrected chi connectivity index (χ2v) is 4.80. The Morgan fingerprint density at radius 2 is 2.12 bits per heavy atom. The first-order valence-electron chi connectivity index (χ1n) is 5.93. The largest absolute Gasteiger partial charge is 0.369 e. The van der Waals surface area contributed by atoms with E-state index in [1.54, 1.807) is 0 Å². The molecule has 2 nitrogen and oxygen atoms in total. The molecule has 0 amide bonds. The fourth-order valence-corrected chi connectivity index (χ4v) is 2.42. The maximum absolute atomic E-state index is 9.03. The van der Waals surface area contributed by atoms with Crippen LogP contribution in [0.1, 0.15) is 37.0 Å². The van der Waals surface area contributed by atoms with Crippen molar-refractivity contribution in [2.75, 3.05) is 11.4 Å². The van der Waals surface area contributed by atoms with Gasteiger partial charge in [0.2, 0.25) is 0 Å². The van der Waals surface area contributed by atoms with Crippen LogP contribution in [0.15, 0.2) is 12.1 Å². The van der Waals surface area contributed by atoms with Crippen molar-refractivity contribution in [3.63, 3.8) is 0 Å². The van der Waals surface area contributed by atoms with Gasteiger partial charge < -0.3 is 4.90 Å². The van der Waals surface area contributed by atoms with Crippen LogP contribution in [0.3, 0.4) is 0 Å². The van der Waals surface area contributed by atoms with Gasteiger partial charge in [0.05, 0.1) is 11.6 Å². The number of anilines is 1. The maximum atomic E-state index is 9.03. The summed E-state index contributed by atoms with van der Waals surface area (Å²) < 4.78 is 0. The topological polar surface area (TPSA) is 27.0 Å². The lowest BCUT2D eigenvalue weighted by atomic mass is 9.95. The molecule has 0 radical (unpaired) electrons. The third-order valence-corrected chi connectivity index (χ3v) is 3.32. The summed E-state index contributed by atoms with van der Waals surface area (Å²) in [5.41, 5.74) is 4.58. The van der Waals surface area contributed by atoms with E-state index in [2.05, 4.69) is 36.9 Å². The third-order valence-electron chi connectivity index (χ3n) is 3.32. The van der Waals surface area contributed by atoms with Gasteiger partial charge in [-0.2, -0.15) is 5.26 Å². The van der Waals surface area contributed by atoms with Gasteiger partial charge in [0.25, 0.3) is 0 Å². The maximum Gasteiger partial charge on any atom is 0.0994 e. The van der Waals surface area contributed by atoms with Crippen LogP contribution in [0.5, 0.6) is 0 Å². The van der Waals surface area contributed by atoms with Crippen molar-refractivity contribution in [3.8, 4) is 6.07 Å². The average molecular weight is 214 g/mol. The molecular weight excluding hydrogens is 196 g/mol. The Morgan fingerprint density at radius 3 is 2.75 bits per heavy atom. The average Bonchev–Trinajstić information content (AvgIpc) is 2.27. The van der Waals surface area contributed by atoms with Crippen LogP contribution >= 0.6 is 0 Å². The molecule has 0 saturated heterocycles. The third kappa shape index (κ3) is 1.78. The van der Waals surface area contributed by atoms with Crippen molar-refractivity contribution >= 4 is 5.69 Å². The molecule has 0 bridgehead atoms. The highest BCUT2D eigenvalue weighted by Gasteiger charge is 2.20. The molecule has 1 heterocycles. The summed E-state index contributed by atoms with van der Waals surface area (Å²) in [6, 6.07) is 7.05. The normalized spacial score (nSPS) is 14.8. The van der Waals surface area contributed by atoms with Crippen molar-refractivity contribution < 1.29 is 0 Å². The molecule has 0 spiro atoms. The number of nitrogens with zero attached hydrogens (tertiary/aromatic N) is 2. The molecule has 0 aliphatic carbocycles. The van der Waals surface area contributed by atoms with Gasteiger partial charge in [-0.3, -0.25) is 0 Å². The minimum atomic E-state index is 0.534. The second kappa shape index (κ2) is 4.17. The van der Waals surface area contributed by atoms with Crippen LogP contribution in [-0.4, -0.2) is 12.6 Å². The molecule has 2 heteroatoms. The van der Waals surface area contributed by atoms with Crippen molar-refractivity contribution in [1.82, 2.24) is 0 Å². The Bertz CT molecular complexity index is 441. The minimum Gasteiger partial charge on any atom is -0.369 e. The summed E-state index contributed by atoms with van der Waals surface area (Å²) in [6.07, 6.45) is 2.30. The highest BCUT2D eigenvalue weighted by molar-refractivity contribution is 5.61. The van der Waals surface area contributed by atoms with E-state index in [1.165, 1.54) is 17.7 Å². The summed E-state index contributed by atoms with van der Waals surface area (Å²) in [4.78, 5) is 2.44. The summed E-state index contributed by atoms with van der Waals surface area (Å²) in [5.74, 6) is 0. The molecule has 1 aliphatic rings. The standard InChI is InChI=1S/C14H18N2/c1-10(2)16-6-4-5-12-8-13(9-15)11(3)7-14(12)16/h7-8,10H,4-6H2,1-3H3. The molecule has 1 aromatic rings. The molecule has 0 N–H and O–H groups in total. The molecule has 0 saturated carbocycles. The van der Waals surface area contributed by atoms with Gasteiger partial charge in [0, 0.05) is 18.3 Å². The molecular formula is C14H18N2. The molecule has 16 heavy (non-hydrogen) atoms. The van der Waals surface area contributed by atoms with Crippen molar-refractivity contribution in [1.29, 1.82) is 5.26 Å². The van der Waals surface area contributed by atoms with Gasteiger partial charge in [-0.25, -0.2) is 0 Å². The lowest BCUT2D eigenvalue weighted by molar-refractivity contribution is 0.625. The second-order valence-electron chi connectivity index (χ2n) is 4.80. The number of aryl methyl sites for hydroxylation is 2. The Kier molecular flexibility index (Phi) is 2.87. The number of fused-ring (bicyclic) bond motifs is 1. The summed E-state index contributed by atoms with van der Waals surface area (Å²) in [7, 11) is 0. The SMILES string of the molecule is Cc1cc2c(cc1C#N)CCCN2C(C)C. The zero-order valence-electron chi connectivity index (χ0n) is 10.2. The minimum absolute atomic E-state index is 0.534. The van der Waals surface area contributed by atoms with E-state index in [-0.39, 0.29) is 0 Å².